The summed E-state index contributed by atoms with van der Waals surface area (Å²) in [4.78, 5) is 14.7. The van der Waals surface area contributed by atoms with Crippen LogP contribution >= 0.6 is 0 Å². The number of nitrogens with zero attached hydrogens (tertiary/aromatic N) is 3. The number of hydrogen-bond donors (Lipinski definition) is 0. The second-order valence-corrected chi connectivity index (χ2v) is 7.26. The summed E-state index contributed by atoms with van der Waals surface area (Å²) in [5, 5.41) is 4.54. The third kappa shape index (κ3) is 3.75. The van der Waals surface area contributed by atoms with Crippen LogP contribution in [0, 0.1) is 0 Å². The van der Waals surface area contributed by atoms with Crippen LogP contribution in [0.4, 0.5) is 0 Å². The highest BCUT2D eigenvalue weighted by Crippen LogP contribution is 2.29. The average Bonchev–Trinajstić information content (AvgIpc) is 3.16. The number of rotatable bonds is 4. The maximum atomic E-state index is 12.8. The molecule has 3 rings (SSSR count). The summed E-state index contributed by atoms with van der Waals surface area (Å²) in [5.41, 5.74) is 0.163. The standard InChI is InChI=1S/C17H27N3O3/c1-17(2)12-19(10-14(23-17)11-22-3)16(21)15-8-9-20(18-15)13-6-4-5-7-13/h8-9,13-14H,4-7,10-12H2,1-3H3/t14-/m1/s1. The molecule has 1 aromatic heterocycles. The Morgan fingerprint density at radius 1 is 1.43 bits per heavy atom. The number of methoxy groups -OCH3 is 1. The molecule has 128 valence electrons. The summed E-state index contributed by atoms with van der Waals surface area (Å²) in [6, 6.07) is 2.30. The molecule has 0 unspecified atom stereocenters. The fraction of sp³-hybridized carbons (Fsp3) is 0.765. The molecule has 1 aromatic rings. The second kappa shape index (κ2) is 6.61. The lowest BCUT2D eigenvalue weighted by molar-refractivity contribution is -0.143. The Morgan fingerprint density at radius 2 is 2.17 bits per heavy atom. The van der Waals surface area contributed by atoms with Gasteiger partial charge in [-0.3, -0.25) is 9.48 Å². The normalized spacial score (nSPS) is 25.0. The molecule has 0 spiro atoms. The van der Waals surface area contributed by atoms with Crippen LogP contribution in [0.5, 0.6) is 0 Å². The first-order valence-electron chi connectivity index (χ1n) is 8.50. The van der Waals surface area contributed by atoms with Gasteiger partial charge >= 0.3 is 0 Å². The Balaban J connectivity index is 1.71. The zero-order valence-corrected chi connectivity index (χ0v) is 14.3. The first-order valence-corrected chi connectivity index (χ1v) is 8.50. The van der Waals surface area contributed by atoms with Crippen molar-refractivity contribution in [2.24, 2.45) is 0 Å². The number of carbonyl (C=O) groups excluding carboxylic acids is 1. The van der Waals surface area contributed by atoms with Crippen LogP contribution in [0.2, 0.25) is 0 Å². The zero-order valence-electron chi connectivity index (χ0n) is 14.3. The first kappa shape index (κ1) is 16.5. The van der Waals surface area contributed by atoms with Gasteiger partial charge in [-0.15, -0.1) is 0 Å². The van der Waals surface area contributed by atoms with Crippen molar-refractivity contribution in [1.29, 1.82) is 0 Å². The molecule has 0 bridgehead atoms. The summed E-state index contributed by atoms with van der Waals surface area (Å²) in [7, 11) is 1.65. The smallest absolute Gasteiger partial charge is 0.274 e. The SMILES string of the molecule is COC[C@H]1CN(C(=O)c2ccn(C3CCCC3)n2)CC(C)(C)O1. The maximum Gasteiger partial charge on any atom is 0.274 e. The van der Waals surface area contributed by atoms with Gasteiger partial charge in [0, 0.05) is 26.4 Å². The first-order chi connectivity index (χ1) is 11.0. The molecule has 2 aliphatic rings. The molecule has 2 heterocycles. The van der Waals surface area contributed by atoms with Gasteiger partial charge in [-0.25, -0.2) is 0 Å². The van der Waals surface area contributed by atoms with Crippen LogP contribution < -0.4 is 0 Å². The highest BCUT2D eigenvalue weighted by atomic mass is 16.5. The highest BCUT2D eigenvalue weighted by Gasteiger charge is 2.36. The number of morpholine rings is 1. The third-order valence-corrected chi connectivity index (χ3v) is 4.65. The lowest BCUT2D eigenvalue weighted by atomic mass is 10.0. The van der Waals surface area contributed by atoms with Crippen LogP contribution in [0.3, 0.4) is 0 Å². The van der Waals surface area contributed by atoms with E-state index in [1.165, 1.54) is 12.8 Å². The van der Waals surface area contributed by atoms with Gasteiger partial charge in [0.2, 0.25) is 0 Å². The quantitative estimate of drug-likeness (QED) is 0.853. The molecule has 23 heavy (non-hydrogen) atoms. The minimum atomic E-state index is -0.370. The maximum absolute atomic E-state index is 12.8. The second-order valence-electron chi connectivity index (χ2n) is 7.26. The minimum absolute atomic E-state index is 0.0146. The van der Waals surface area contributed by atoms with Crippen molar-refractivity contribution in [3.8, 4) is 0 Å². The highest BCUT2D eigenvalue weighted by molar-refractivity contribution is 5.92. The third-order valence-electron chi connectivity index (χ3n) is 4.65. The van der Waals surface area contributed by atoms with Crippen LogP contribution in [0.1, 0.15) is 56.1 Å². The van der Waals surface area contributed by atoms with E-state index in [9.17, 15) is 4.79 Å². The van der Waals surface area contributed by atoms with Gasteiger partial charge in [0.25, 0.3) is 5.91 Å². The number of carbonyl (C=O) groups is 1. The van der Waals surface area contributed by atoms with Gasteiger partial charge in [0.1, 0.15) is 5.69 Å². The summed E-state index contributed by atoms with van der Waals surface area (Å²) >= 11 is 0. The summed E-state index contributed by atoms with van der Waals surface area (Å²) in [6.45, 7) is 5.62. The van der Waals surface area contributed by atoms with Crippen LogP contribution in [0.15, 0.2) is 12.3 Å². The lowest BCUT2D eigenvalue weighted by Gasteiger charge is -2.42. The molecule has 1 amide bonds. The van der Waals surface area contributed by atoms with Gasteiger partial charge in [-0.05, 0) is 32.8 Å². The van der Waals surface area contributed by atoms with Crippen molar-refractivity contribution in [2.75, 3.05) is 26.8 Å². The molecule has 6 heteroatoms. The molecule has 0 N–H and O–H groups in total. The topological polar surface area (TPSA) is 56.6 Å². The van der Waals surface area contributed by atoms with E-state index in [0.717, 1.165) is 12.8 Å². The van der Waals surface area contributed by atoms with Gasteiger partial charge in [-0.2, -0.15) is 5.10 Å². The fourth-order valence-electron chi connectivity index (χ4n) is 3.71. The van der Waals surface area contributed by atoms with E-state index < -0.39 is 0 Å². The van der Waals surface area contributed by atoms with E-state index >= 15 is 0 Å². The van der Waals surface area contributed by atoms with Crippen molar-refractivity contribution in [1.82, 2.24) is 14.7 Å². The van der Waals surface area contributed by atoms with Gasteiger partial charge < -0.3 is 14.4 Å². The molecule has 1 saturated carbocycles. The summed E-state index contributed by atoms with van der Waals surface area (Å²) in [6.07, 6.45) is 6.69. The molecule has 2 fully saturated rings. The van der Waals surface area contributed by atoms with Gasteiger partial charge in [0.15, 0.2) is 0 Å². The van der Waals surface area contributed by atoms with Crippen molar-refractivity contribution < 1.29 is 14.3 Å². The van der Waals surface area contributed by atoms with E-state index in [1.54, 1.807) is 7.11 Å². The Morgan fingerprint density at radius 3 is 2.87 bits per heavy atom. The molecule has 0 radical (unpaired) electrons. The van der Waals surface area contributed by atoms with E-state index in [4.69, 9.17) is 9.47 Å². The minimum Gasteiger partial charge on any atom is -0.382 e. The zero-order chi connectivity index (χ0) is 16.4. The molecule has 0 aromatic carbocycles. The Kier molecular flexibility index (Phi) is 4.73. The number of aromatic nitrogens is 2. The molecule has 1 saturated heterocycles. The molecule has 1 aliphatic carbocycles. The molecular weight excluding hydrogens is 294 g/mol. The Bertz CT molecular complexity index is 549. The van der Waals surface area contributed by atoms with Gasteiger partial charge in [0.05, 0.1) is 24.4 Å². The number of hydrogen-bond acceptors (Lipinski definition) is 4. The monoisotopic (exact) mass is 321 g/mol. The van der Waals surface area contributed by atoms with Crippen molar-refractivity contribution in [3.05, 3.63) is 18.0 Å². The number of amides is 1. The Labute approximate surface area is 137 Å². The lowest BCUT2D eigenvalue weighted by Crippen LogP contribution is -2.55. The van der Waals surface area contributed by atoms with E-state index in [1.807, 2.05) is 35.7 Å². The van der Waals surface area contributed by atoms with Crippen LogP contribution in [-0.2, 0) is 9.47 Å². The molecule has 6 nitrogen and oxygen atoms in total. The molecular formula is C17H27N3O3. The predicted molar refractivity (Wildman–Crippen MR) is 86.5 cm³/mol. The van der Waals surface area contributed by atoms with E-state index in [-0.39, 0.29) is 17.6 Å². The van der Waals surface area contributed by atoms with Crippen LogP contribution in [0.25, 0.3) is 0 Å². The molecule has 1 aliphatic heterocycles. The van der Waals surface area contributed by atoms with Crippen molar-refractivity contribution in [2.45, 2.75) is 57.3 Å². The van der Waals surface area contributed by atoms with Gasteiger partial charge in [-0.1, -0.05) is 12.8 Å². The van der Waals surface area contributed by atoms with E-state index in [2.05, 4.69) is 5.10 Å². The van der Waals surface area contributed by atoms with Crippen molar-refractivity contribution in [3.63, 3.8) is 0 Å². The summed E-state index contributed by atoms with van der Waals surface area (Å²) < 4.78 is 13.1. The Hall–Kier alpha value is -1.40. The number of ether oxygens (including phenoxy) is 2. The van der Waals surface area contributed by atoms with Crippen molar-refractivity contribution >= 4 is 5.91 Å². The fourth-order valence-corrected chi connectivity index (χ4v) is 3.71. The predicted octanol–water partition coefficient (Wildman–Crippen LogP) is 2.26. The summed E-state index contributed by atoms with van der Waals surface area (Å²) in [5.74, 6) is -0.0146. The molecule has 1 atom stereocenters. The van der Waals surface area contributed by atoms with Crippen LogP contribution in [-0.4, -0.2) is 59.1 Å². The average molecular weight is 321 g/mol. The largest absolute Gasteiger partial charge is 0.382 e. The van der Waals surface area contributed by atoms with E-state index in [0.29, 0.717) is 31.4 Å².